The Labute approximate surface area is 258 Å². The Hall–Kier alpha value is -5.39. The zero-order valence-electron chi connectivity index (χ0n) is 24.1. The van der Waals surface area contributed by atoms with Gasteiger partial charge in [-0.25, -0.2) is 4.79 Å². The number of ether oxygens (including phenoxy) is 4. The van der Waals surface area contributed by atoms with Crippen molar-refractivity contribution in [2.75, 3.05) is 7.11 Å². The second-order valence-electron chi connectivity index (χ2n) is 10.4. The predicted octanol–water partition coefficient (Wildman–Crippen LogP) is 7.73. The van der Waals surface area contributed by atoms with Gasteiger partial charge in [-0.2, -0.15) is 5.26 Å². The van der Waals surface area contributed by atoms with Crippen molar-refractivity contribution in [1.29, 1.82) is 5.26 Å². The van der Waals surface area contributed by atoms with Crippen LogP contribution in [0.15, 0.2) is 94.7 Å². The second kappa shape index (κ2) is 11.7. The number of allylic oxidation sites excluding steroid dienone is 1. The fraction of sp³-hybridized carbons (Fsp3) is 0.143. The molecule has 0 bridgehead atoms. The fourth-order valence-electron chi connectivity index (χ4n) is 5.28. The summed E-state index contributed by atoms with van der Waals surface area (Å²) >= 11 is 6.28. The molecule has 2 heterocycles. The molecule has 2 N–H and O–H groups in total. The molecule has 0 radical (unpaired) electrons. The lowest BCUT2D eigenvalue weighted by molar-refractivity contribution is 0.0702. The summed E-state index contributed by atoms with van der Waals surface area (Å²) < 4.78 is 29.0. The monoisotopic (exact) mass is 606 g/mol. The van der Waals surface area contributed by atoms with Crippen molar-refractivity contribution >= 4 is 28.5 Å². The third-order valence-corrected chi connectivity index (χ3v) is 7.91. The zero-order valence-corrected chi connectivity index (χ0v) is 24.9. The number of furan rings is 1. The van der Waals surface area contributed by atoms with Crippen molar-refractivity contribution in [3.05, 3.63) is 129 Å². The number of carbonyl (C=O) groups is 1. The molecule has 0 aliphatic carbocycles. The first kappa shape index (κ1) is 28.7. The topological polar surface area (TPSA) is 117 Å². The summed E-state index contributed by atoms with van der Waals surface area (Å²) in [6, 6.07) is 25.7. The number of benzene rings is 4. The van der Waals surface area contributed by atoms with Gasteiger partial charge in [-0.3, -0.25) is 0 Å². The molecule has 6 rings (SSSR count). The molecule has 220 valence electrons. The van der Waals surface area contributed by atoms with Crippen LogP contribution in [0, 0.1) is 25.2 Å². The zero-order chi connectivity index (χ0) is 31.0. The third kappa shape index (κ3) is 5.30. The molecule has 0 saturated heterocycles. The number of hydrogen-bond donors (Lipinski definition) is 1. The van der Waals surface area contributed by atoms with Gasteiger partial charge in [-0.1, -0.05) is 54.1 Å². The van der Waals surface area contributed by atoms with Gasteiger partial charge >= 0.3 is 5.97 Å². The number of rotatable bonds is 7. The van der Waals surface area contributed by atoms with Crippen LogP contribution in [-0.2, 0) is 6.61 Å². The Morgan fingerprint density at radius 2 is 1.84 bits per heavy atom. The van der Waals surface area contributed by atoms with E-state index in [1.165, 1.54) is 0 Å². The average molecular weight is 607 g/mol. The number of nitriles is 1. The molecule has 0 saturated carbocycles. The van der Waals surface area contributed by atoms with Crippen molar-refractivity contribution in [3.63, 3.8) is 0 Å². The molecule has 1 aliphatic rings. The lowest BCUT2D eigenvalue weighted by atomic mass is 9.83. The SMILES string of the molecule is COc1cc(C2C(C#N)=C(N)Oc3cc(OC(=O)c4oc5cc(C)ccc5c4C)ccc32)ccc1OCc1ccccc1Cl. The van der Waals surface area contributed by atoms with Gasteiger partial charge in [-0.05, 0) is 55.3 Å². The number of aryl methyl sites for hydroxylation is 2. The maximum atomic E-state index is 13.1. The van der Waals surface area contributed by atoms with Crippen LogP contribution in [0.4, 0.5) is 0 Å². The first-order valence-corrected chi connectivity index (χ1v) is 14.1. The largest absolute Gasteiger partial charge is 0.493 e. The molecule has 8 nitrogen and oxygen atoms in total. The van der Waals surface area contributed by atoms with E-state index in [4.69, 9.17) is 40.7 Å². The number of halogens is 1. The predicted molar refractivity (Wildman–Crippen MR) is 165 cm³/mol. The van der Waals surface area contributed by atoms with Crippen molar-refractivity contribution in [2.45, 2.75) is 26.4 Å². The number of carbonyl (C=O) groups excluding carboxylic acids is 1. The maximum absolute atomic E-state index is 13.1. The van der Waals surface area contributed by atoms with Gasteiger partial charge in [-0.15, -0.1) is 0 Å². The van der Waals surface area contributed by atoms with Gasteiger partial charge in [0.05, 0.1) is 13.0 Å². The normalized spacial score (nSPS) is 14.0. The van der Waals surface area contributed by atoms with Gasteiger partial charge in [0.2, 0.25) is 11.6 Å². The summed E-state index contributed by atoms with van der Waals surface area (Å²) in [5, 5.41) is 11.5. The van der Waals surface area contributed by atoms with E-state index >= 15 is 0 Å². The summed E-state index contributed by atoms with van der Waals surface area (Å²) in [6.07, 6.45) is 0. The van der Waals surface area contributed by atoms with Crippen LogP contribution >= 0.6 is 11.6 Å². The highest BCUT2D eigenvalue weighted by atomic mass is 35.5. The molecule has 1 aliphatic heterocycles. The lowest BCUT2D eigenvalue weighted by Gasteiger charge is -2.27. The number of fused-ring (bicyclic) bond motifs is 2. The second-order valence-corrected chi connectivity index (χ2v) is 10.8. The van der Waals surface area contributed by atoms with E-state index in [0.717, 1.165) is 22.1 Å². The van der Waals surface area contributed by atoms with Gasteiger partial charge in [0.15, 0.2) is 11.5 Å². The highest BCUT2D eigenvalue weighted by Gasteiger charge is 2.32. The summed E-state index contributed by atoms with van der Waals surface area (Å²) in [4.78, 5) is 13.1. The van der Waals surface area contributed by atoms with E-state index in [1.807, 2.05) is 56.3 Å². The lowest BCUT2D eigenvalue weighted by Crippen LogP contribution is -2.21. The Bertz CT molecular complexity index is 2000. The number of esters is 1. The number of nitrogens with zero attached hydrogens (tertiary/aromatic N) is 1. The van der Waals surface area contributed by atoms with E-state index < -0.39 is 11.9 Å². The molecule has 0 spiro atoms. The highest BCUT2D eigenvalue weighted by Crippen LogP contribution is 2.45. The fourth-order valence-corrected chi connectivity index (χ4v) is 5.47. The van der Waals surface area contributed by atoms with Crippen LogP contribution < -0.4 is 24.7 Å². The minimum Gasteiger partial charge on any atom is -0.493 e. The summed E-state index contributed by atoms with van der Waals surface area (Å²) in [6.45, 7) is 4.02. The van der Waals surface area contributed by atoms with Crippen LogP contribution in [-0.4, -0.2) is 13.1 Å². The Morgan fingerprint density at radius 1 is 1.02 bits per heavy atom. The van der Waals surface area contributed by atoms with Crippen molar-refractivity contribution in [2.24, 2.45) is 5.73 Å². The number of hydrogen-bond acceptors (Lipinski definition) is 8. The number of nitrogens with two attached hydrogens (primary N) is 1. The number of methoxy groups -OCH3 is 1. The van der Waals surface area contributed by atoms with E-state index in [9.17, 15) is 10.1 Å². The van der Waals surface area contributed by atoms with Crippen molar-refractivity contribution < 1.29 is 28.2 Å². The van der Waals surface area contributed by atoms with E-state index in [1.54, 1.807) is 43.5 Å². The maximum Gasteiger partial charge on any atom is 0.379 e. The summed E-state index contributed by atoms with van der Waals surface area (Å²) in [5.74, 6) is 0.442. The standard InChI is InChI=1S/C35H27ClN2O6/c1-19-8-11-24-20(2)33(43-29(24)14-19)35(39)42-23-10-12-25-30(16-23)44-34(38)26(17-37)32(25)21-9-13-28(31(15-21)40-3)41-18-22-6-4-5-7-27(22)36/h4-16,32H,18,38H2,1-3H3. The van der Waals surface area contributed by atoms with Crippen molar-refractivity contribution in [3.8, 4) is 29.1 Å². The average Bonchev–Trinajstić information content (AvgIpc) is 3.35. The van der Waals surface area contributed by atoms with Crippen LogP contribution in [0.25, 0.3) is 11.0 Å². The smallest absolute Gasteiger partial charge is 0.379 e. The Morgan fingerprint density at radius 3 is 2.61 bits per heavy atom. The molecular weight excluding hydrogens is 580 g/mol. The summed E-state index contributed by atoms with van der Waals surface area (Å²) in [7, 11) is 1.54. The van der Waals surface area contributed by atoms with E-state index in [0.29, 0.717) is 39.0 Å². The molecular formula is C35H27ClN2O6. The molecule has 0 amide bonds. The Kier molecular flexibility index (Phi) is 7.64. The van der Waals surface area contributed by atoms with E-state index in [2.05, 4.69) is 6.07 Å². The molecule has 0 fully saturated rings. The molecule has 9 heteroatoms. The van der Waals surface area contributed by atoms with Crippen LogP contribution in [0.5, 0.6) is 23.0 Å². The molecule has 1 aromatic heterocycles. The first-order chi connectivity index (χ1) is 21.3. The van der Waals surface area contributed by atoms with Gasteiger partial charge in [0.1, 0.15) is 35.3 Å². The van der Waals surface area contributed by atoms with Crippen molar-refractivity contribution in [1.82, 2.24) is 0 Å². The van der Waals surface area contributed by atoms with Crippen LogP contribution in [0.1, 0.15) is 44.3 Å². The van der Waals surface area contributed by atoms with Gasteiger partial charge in [0, 0.05) is 33.2 Å². The van der Waals surface area contributed by atoms with E-state index in [-0.39, 0.29) is 29.6 Å². The Balaban J connectivity index is 1.29. The molecule has 1 atom stereocenters. The van der Waals surface area contributed by atoms with Gasteiger partial charge < -0.3 is 29.1 Å². The quantitative estimate of drug-likeness (QED) is 0.148. The third-order valence-electron chi connectivity index (χ3n) is 7.54. The van der Waals surface area contributed by atoms with Gasteiger partial charge in [0.25, 0.3) is 0 Å². The van der Waals surface area contributed by atoms with Crippen LogP contribution in [0.3, 0.4) is 0 Å². The molecule has 5 aromatic rings. The van der Waals surface area contributed by atoms with Crippen LogP contribution in [0.2, 0.25) is 5.02 Å². The first-order valence-electron chi connectivity index (χ1n) is 13.7. The molecule has 4 aromatic carbocycles. The summed E-state index contributed by atoms with van der Waals surface area (Å²) in [5.41, 5.74) is 11.0. The molecule has 1 unspecified atom stereocenters. The minimum absolute atomic E-state index is 0.0463. The molecule has 44 heavy (non-hydrogen) atoms. The minimum atomic E-state index is -0.637. The highest BCUT2D eigenvalue weighted by molar-refractivity contribution is 6.31.